The Kier molecular flexibility index (Phi) is 2.67. The van der Waals surface area contributed by atoms with Crippen LogP contribution >= 0.6 is 0 Å². The lowest BCUT2D eigenvalue weighted by molar-refractivity contribution is -0.0219. The van der Waals surface area contributed by atoms with Crippen molar-refractivity contribution in [1.29, 1.82) is 0 Å². The molecule has 0 saturated carbocycles. The van der Waals surface area contributed by atoms with Crippen molar-refractivity contribution in [3.63, 3.8) is 0 Å². The molecule has 1 aliphatic rings. The number of nitrogen functional groups attached to an aromatic ring is 1. The van der Waals surface area contributed by atoms with Gasteiger partial charge < -0.3 is 14.9 Å². The van der Waals surface area contributed by atoms with Gasteiger partial charge in [-0.15, -0.1) is 0 Å². The van der Waals surface area contributed by atoms with E-state index in [0.717, 1.165) is 18.4 Å². The number of hydrogen-bond acceptors (Lipinski definition) is 4. The molecule has 2 N–H and O–H groups in total. The lowest BCUT2D eigenvalue weighted by atomic mass is 10.1. The topological polar surface area (TPSA) is 70.4 Å². The molecule has 2 aromatic rings. The molecular weight excluding hydrogens is 244 g/mol. The summed E-state index contributed by atoms with van der Waals surface area (Å²) in [6, 6.07) is 5.26. The van der Waals surface area contributed by atoms with Crippen molar-refractivity contribution in [2.75, 3.05) is 5.73 Å². The van der Waals surface area contributed by atoms with Crippen LogP contribution in [0.15, 0.2) is 27.4 Å². The van der Waals surface area contributed by atoms with E-state index in [2.05, 4.69) is 13.8 Å². The van der Waals surface area contributed by atoms with Gasteiger partial charge in [0.25, 0.3) is 0 Å². The normalized spacial score (nSPS) is 22.1. The number of aromatic nitrogens is 1. The van der Waals surface area contributed by atoms with E-state index >= 15 is 0 Å². The first kappa shape index (κ1) is 12.3. The first-order chi connectivity index (χ1) is 8.94. The Bertz CT molecular complexity index is 669. The highest BCUT2D eigenvalue weighted by molar-refractivity contribution is 5.76. The van der Waals surface area contributed by atoms with Crippen LogP contribution in [-0.2, 0) is 11.3 Å². The van der Waals surface area contributed by atoms with Crippen molar-refractivity contribution in [3.8, 4) is 0 Å². The van der Waals surface area contributed by atoms with Crippen molar-refractivity contribution in [2.45, 2.75) is 44.9 Å². The molecule has 0 radical (unpaired) electrons. The lowest BCUT2D eigenvalue weighted by Gasteiger charge is -2.19. The zero-order chi connectivity index (χ0) is 13.6. The van der Waals surface area contributed by atoms with E-state index in [1.807, 2.05) is 6.07 Å². The standard InChI is InChI=1S/C14H18N2O3/c1-14(2)6-5-10(19-14)8-16-11-4-3-9(15)7-12(11)18-13(16)17/h3-4,7,10H,5-6,8,15H2,1-2H3. The van der Waals surface area contributed by atoms with Crippen molar-refractivity contribution in [2.24, 2.45) is 0 Å². The van der Waals surface area contributed by atoms with Crippen LogP contribution in [0, 0.1) is 0 Å². The molecule has 0 amide bonds. The van der Waals surface area contributed by atoms with Crippen LogP contribution in [0.4, 0.5) is 5.69 Å². The second-order valence-electron chi connectivity index (χ2n) is 5.74. The van der Waals surface area contributed by atoms with E-state index in [1.165, 1.54) is 0 Å². The molecule has 5 heteroatoms. The monoisotopic (exact) mass is 262 g/mol. The van der Waals surface area contributed by atoms with Crippen molar-refractivity contribution < 1.29 is 9.15 Å². The number of nitrogens with zero attached hydrogens (tertiary/aromatic N) is 1. The van der Waals surface area contributed by atoms with Crippen LogP contribution < -0.4 is 11.5 Å². The summed E-state index contributed by atoms with van der Waals surface area (Å²) in [4.78, 5) is 11.9. The molecule has 1 fully saturated rings. The van der Waals surface area contributed by atoms with E-state index in [-0.39, 0.29) is 17.5 Å². The predicted molar refractivity (Wildman–Crippen MR) is 73.1 cm³/mol. The van der Waals surface area contributed by atoms with Gasteiger partial charge in [0, 0.05) is 11.8 Å². The lowest BCUT2D eigenvalue weighted by Crippen LogP contribution is -2.26. The summed E-state index contributed by atoms with van der Waals surface area (Å²) < 4.78 is 12.8. The SMILES string of the molecule is CC1(C)CCC(Cn2c(=O)oc3cc(N)ccc32)O1. The molecule has 1 unspecified atom stereocenters. The quantitative estimate of drug-likeness (QED) is 0.842. The average Bonchev–Trinajstić information content (AvgIpc) is 2.80. The number of oxazole rings is 1. The summed E-state index contributed by atoms with van der Waals surface area (Å²) >= 11 is 0. The van der Waals surface area contributed by atoms with Crippen molar-refractivity contribution >= 4 is 16.8 Å². The molecule has 0 bridgehead atoms. The molecule has 102 valence electrons. The minimum absolute atomic E-state index is 0.0612. The van der Waals surface area contributed by atoms with Crippen LogP contribution in [0.25, 0.3) is 11.1 Å². The molecule has 2 heterocycles. The van der Waals surface area contributed by atoms with E-state index in [0.29, 0.717) is 17.8 Å². The van der Waals surface area contributed by atoms with Gasteiger partial charge >= 0.3 is 5.76 Å². The fourth-order valence-corrected chi connectivity index (χ4v) is 2.67. The van der Waals surface area contributed by atoms with Gasteiger partial charge in [0.15, 0.2) is 5.58 Å². The Morgan fingerprint density at radius 2 is 2.26 bits per heavy atom. The van der Waals surface area contributed by atoms with Crippen molar-refractivity contribution in [1.82, 2.24) is 4.57 Å². The van der Waals surface area contributed by atoms with Gasteiger partial charge in [-0.05, 0) is 38.8 Å². The summed E-state index contributed by atoms with van der Waals surface area (Å²) in [5.41, 5.74) is 7.48. The molecule has 5 nitrogen and oxygen atoms in total. The molecular formula is C14H18N2O3. The van der Waals surface area contributed by atoms with Crippen LogP contribution in [0.1, 0.15) is 26.7 Å². The Balaban J connectivity index is 1.93. The molecule has 1 atom stereocenters. The van der Waals surface area contributed by atoms with Crippen LogP contribution in [0.5, 0.6) is 0 Å². The molecule has 1 aliphatic heterocycles. The van der Waals surface area contributed by atoms with E-state index in [1.54, 1.807) is 16.7 Å². The summed E-state index contributed by atoms with van der Waals surface area (Å²) in [6.07, 6.45) is 2.03. The molecule has 19 heavy (non-hydrogen) atoms. The number of fused-ring (bicyclic) bond motifs is 1. The Labute approximate surface area is 111 Å². The number of benzene rings is 1. The predicted octanol–water partition coefficient (Wildman–Crippen LogP) is 2.13. The first-order valence-electron chi connectivity index (χ1n) is 6.51. The Morgan fingerprint density at radius 1 is 1.47 bits per heavy atom. The minimum Gasteiger partial charge on any atom is -0.408 e. The zero-order valence-electron chi connectivity index (χ0n) is 11.2. The third-order valence-electron chi connectivity index (χ3n) is 3.63. The van der Waals surface area contributed by atoms with Gasteiger partial charge in [0.1, 0.15) is 0 Å². The fraction of sp³-hybridized carbons (Fsp3) is 0.500. The third-order valence-corrected chi connectivity index (χ3v) is 3.63. The van der Waals surface area contributed by atoms with E-state index in [9.17, 15) is 4.79 Å². The summed E-state index contributed by atoms with van der Waals surface area (Å²) in [5, 5.41) is 0. The number of rotatable bonds is 2. The second-order valence-corrected chi connectivity index (χ2v) is 5.74. The van der Waals surface area contributed by atoms with Gasteiger partial charge in [-0.2, -0.15) is 0 Å². The Hall–Kier alpha value is -1.75. The zero-order valence-corrected chi connectivity index (χ0v) is 11.2. The maximum atomic E-state index is 11.9. The number of anilines is 1. The van der Waals surface area contributed by atoms with E-state index in [4.69, 9.17) is 14.9 Å². The molecule has 3 rings (SSSR count). The summed E-state index contributed by atoms with van der Waals surface area (Å²) in [6.45, 7) is 4.67. The van der Waals surface area contributed by atoms with E-state index < -0.39 is 0 Å². The Morgan fingerprint density at radius 3 is 2.95 bits per heavy atom. The highest BCUT2D eigenvalue weighted by Crippen LogP contribution is 2.30. The van der Waals surface area contributed by atoms with Gasteiger partial charge in [0.05, 0.1) is 23.8 Å². The number of ether oxygens (including phenoxy) is 1. The first-order valence-corrected chi connectivity index (χ1v) is 6.51. The van der Waals surface area contributed by atoms with Gasteiger partial charge in [0.2, 0.25) is 0 Å². The molecule has 0 aliphatic carbocycles. The largest absolute Gasteiger partial charge is 0.420 e. The molecule has 1 saturated heterocycles. The molecule has 1 aromatic heterocycles. The van der Waals surface area contributed by atoms with Crippen LogP contribution in [-0.4, -0.2) is 16.3 Å². The maximum Gasteiger partial charge on any atom is 0.420 e. The third kappa shape index (κ3) is 2.26. The smallest absolute Gasteiger partial charge is 0.408 e. The summed E-state index contributed by atoms with van der Waals surface area (Å²) in [7, 11) is 0. The number of hydrogen-bond donors (Lipinski definition) is 1. The van der Waals surface area contributed by atoms with Gasteiger partial charge in [-0.25, -0.2) is 4.79 Å². The van der Waals surface area contributed by atoms with Gasteiger partial charge in [-0.1, -0.05) is 0 Å². The van der Waals surface area contributed by atoms with Crippen LogP contribution in [0.2, 0.25) is 0 Å². The number of nitrogens with two attached hydrogens (primary N) is 1. The minimum atomic E-state index is -0.353. The molecule has 0 spiro atoms. The summed E-state index contributed by atoms with van der Waals surface area (Å²) in [5.74, 6) is -0.353. The van der Waals surface area contributed by atoms with Crippen LogP contribution in [0.3, 0.4) is 0 Å². The average molecular weight is 262 g/mol. The highest BCUT2D eigenvalue weighted by atomic mass is 16.5. The van der Waals surface area contributed by atoms with Crippen molar-refractivity contribution in [3.05, 3.63) is 28.7 Å². The molecule has 1 aromatic carbocycles. The maximum absolute atomic E-state index is 11.9. The fourth-order valence-electron chi connectivity index (χ4n) is 2.67. The van der Waals surface area contributed by atoms with Gasteiger partial charge in [-0.3, -0.25) is 4.57 Å². The second kappa shape index (κ2) is 4.13. The highest BCUT2D eigenvalue weighted by Gasteiger charge is 2.32.